The Morgan fingerprint density at radius 3 is 2.31 bits per heavy atom. The van der Waals surface area contributed by atoms with Crippen molar-refractivity contribution in [1.82, 2.24) is 10.2 Å². The van der Waals surface area contributed by atoms with Crippen LogP contribution in [0.25, 0.3) is 17.5 Å². The van der Waals surface area contributed by atoms with Crippen LogP contribution in [0.5, 0.6) is 11.5 Å². The SMILES string of the molecule is COc1cc(/C=C/C(=O)O[C@H](C)c2nnc(-c3ccc(C)cc3)o2)cc(OC)c1. The van der Waals surface area contributed by atoms with Crippen molar-refractivity contribution in [3.8, 4) is 23.0 Å². The van der Waals surface area contributed by atoms with E-state index in [0.29, 0.717) is 17.4 Å². The molecule has 150 valence electrons. The second kappa shape index (κ2) is 9.05. The van der Waals surface area contributed by atoms with Crippen LogP contribution in [0.3, 0.4) is 0 Å². The lowest BCUT2D eigenvalue weighted by Gasteiger charge is -2.07. The summed E-state index contributed by atoms with van der Waals surface area (Å²) >= 11 is 0. The normalized spacial score (nSPS) is 12.0. The molecule has 0 fully saturated rings. The number of nitrogens with zero attached hydrogens (tertiary/aromatic N) is 2. The van der Waals surface area contributed by atoms with Gasteiger partial charge in [0.1, 0.15) is 11.5 Å². The van der Waals surface area contributed by atoms with Crippen molar-refractivity contribution < 1.29 is 23.4 Å². The average molecular weight is 394 g/mol. The first kappa shape index (κ1) is 20.1. The third-order valence-corrected chi connectivity index (χ3v) is 4.17. The summed E-state index contributed by atoms with van der Waals surface area (Å²) in [4.78, 5) is 12.2. The molecule has 0 radical (unpaired) electrons. The summed E-state index contributed by atoms with van der Waals surface area (Å²) in [6, 6.07) is 13.0. The van der Waals surface area contributed by atoms with Crippen LogP contribution < -0.4 is 9.47 Å². The molecule has 0 N–H and O–H groups in total. The van der Waals surface area contributed by atoms with Crippen molar-refractivity contribution in [2.75, 3.05) is 14.2 Å². The van der Waals surface area contributed by atoms with Crippen molar-refractivity contribution in [1.29, 1.82) is 0 Å². The van der Waals surface area contributed by atoms with Gasteiger partial charge in [-0.25, -0.2) is 4.79 Å². The van der Waals surface area contributed by atoms with Crippen LogP contribution in [-0.4, -0.2) is 30.4 Å². The molecule has 7 nitrogen and oxygen atoms in total. The molecule has 1 heterocycles. The monoisotopic (exact) mass is 394 g/mol. The molecule has 0 aliphatic heterocycles. The van der Waals surface area contributed by atoms with Crippen molar-refractivity contribution in [2.24, 2.45) is 0 Å². The van der Waals surface area contributed by atoms with Crippen LogP contribution in [0.4, 0.5) is 0 Å². The molecule has 3 rings (SSSR count). The predicted molar refractivity (Wildman–Crippen MR) is 108 cm³/mol. The Kier molecular flexibility index (Phi) is 6.29. The molecular formula is C22H22N2O5. The maximum absolute atomic E-state index is 12.2. The Bertz CT molecular complexity index is 986. The van der Waals surface area contributed by atoms with Gasteiger partial charge in [0, 0.05) is 17.7 Å². The summed E-state index contributed by atoms with van der Waals surface area (Å²) < 4.78 is 21.4. The molecule has 0 saturated heterocycles. The molecule has 1 atom stereocenters. The largest absolute Gasteiger partial charge is 0.497 e. The fraction of sp³-hybridized carbons (Fsp3) is 0.227. The molecule has 0 bridgehead atoms. The highest BCUT2D eigenvalue weighted by molar-refractivity contribution is 5.87. The van der Waals surface area contributed by atoms with Crippen LogP contribution in [0.1, 0.15) is 30.0 Å². The standard InChI is InChI=1S/C22H22N2O5/c1-14-5-8-17(9-6-14)22-24-23-21(29-22)15(2)28-20(25)10-7-16-11-18(26-3)13-19(12-16)27-4/h5-13,15H,1-4H3/b10-7+/t15-/m1/s1. The number of methoxy groups -OCH3 is 2. The van der Waals surface area contributed by atoms with E-state index in [-0.39, 0.29) is 5.89 Å². The lowest BCUT2D eigenvalue weighted by atomic mass is 10.1. The molecule has 0 amide bonds. The highest BCUT2D eigenvalue weighted by Gasteiger charge is 2.18. The lowest BCUT2D eigenvalue weighted by molar-refractivity contribution is -0.143. The molecular weight excluding hydrogens is 372 g/mol. The zero-order valence-electron chi connectivity index (χ0n) is 16.7. The Morgan fingerprint density at radius 1 is 1.03 bits per heavy atom. The van der Waals surface area contributed by atoms with Crippen LogP contribution in [-0.2, 0) is 9.53 Å². The summed E-state index contributed by atoms with van der Waals surface area (Å²) in [5, 5.41) is 8.00. The van der Waals surface area contributed by atoms with Gasteiger partial charge in [-0.05, 0) is 49.8 Å². The van der Waals surface area contributed by atoms with Crippen molar-refractivity contribution >= 4 is 12.0 Å². The number of aryl methyl sites for hydroxylation is 1. The number of carbonyl (C=O) groups is 1. The molecule has 3 aromatic rings. The van der Waals surface area contributed by atoms with E-state index in [0.717, 1.165) is 16.7 Å². The Hall–Kier alpha value is -3.61. The first-order chi connectivity index (χ1) is 14.0. The number of hydrogen-bond acceptors (Lipinski definition) is 7. The zero-order chi connectivity index (χ0) is 20.8. The minimum absolute atomic E-state index is 0.227. The lowest BCUT2D eigenvalue weighted by Crippen LogP contribution is -2.06. The van der Waals surface area contributed by atoms with Crippen molar-refractivity contribution in [3.63, 3.8) is 0 Å². The molecule has 29 heavy (non-hydrogen) atoms. The van der Waals surface area contributed by atoms with E-state index >= 15 is 0 Å². The Balaban J connectivity index is 1.65. The Labute approximate surface area is 168 Å². The minimum atomic E-state index is -0.682. The first-order valence-electron chi connectivity index (χ1n) is 9.00. The van der Waals surface area contributed by atoms with Gasteiger partial charge in [-0.15, -0.1) is 10.2 Å². The van der Waals surface area contributed by atoms with Gasteiger partial charge in [0.15, 0.2) is 6.10 Å². The van der Waals surface area contributed by atoms with Gasteiger partial charge in [0.05, 0.1) is 14.2 Å². The summed E-state index contributed by atoms with van der Waals surface area (Å²) in [6.45, 7) is 3.67. The van der Waals surface area contributed by atoms with E-state index in [9.17, 15) is 4.79 Å². The smallest absolute Gasteiger partial charge is 0.331 e. The topological polar surface area (TPSA) is 83.7 Å². The highest BCUT2D eigenvalue weighted by Crippen LogP contribution is 2.24. The van der Waals surface area contributed by atoms with E-state index in [1.165, 1.54) is 6.08 Å². The average Bonchev–Trinajstić information content (AvgIpc) is 3.23. The fourth-order valence-electron chi connectivity index (χ4n) is 2.57. The van der Waals surface area contributed by atoms with Gasteiger partial charge in [0.25, 0.3) is 5.89 Å². The minimum Gasteiger partial charge on any atom is -0.497 e. The number of hydrogen-bond donors (Lipinski definition) is 0. The van der Waals surface area contributed by atoms with E-state index < -0.39 is 12.1 Å². The van der Waals surface area contributed by atoms with Gasteiger partial charge >= 0.3 is 5.97 Å². The second-order valence-electron chi connectivity index (χ2n) is 6.37. The van der Waals surface area contributed by atoms with Crippen LogP contribution in [0.2, 0.25) is 0 Å². The number of aromatic nitrogens is 2. The fourth-order valence-corrected chi connectivity index (χ4v) is 2.57. The van der Waals surface area contributed by atoms with Crippen LogP contribution in [0.15, 0.2) is 53.0 Å². The second-order valence-corrected chi connectivity index (χ2v) is 6.37. The molecule has 0 spiro atoms. The van der Waals surface area contributed by atoms with Crippen LogP contribution in [0, 0.1) is 6.92 Å². The summed E-state index contributed by atoms with van der Waals surface area (Å²) in [7, 11) is 3.13. The molecule has 0 saturated carbocycles. The van der Waals surface area contributed by atoms with Gasteiger partial charge in [-0.3, -0.25) is 0 Å². The van der Waals surface area contributed by atoms with Gasteiger partial charge in [-0.1, -0.05) is 17.7 Å². The summed E-state index contributed by atoms with van der Waals surface area (Å²) in [5.41, 5.74) is 2.68. The molecule has 0 aliphatic carbocycles. The molecule has 0 aliphatic rings. The molecule has 1 aromatic heterocycles. The van der Waals surface area contributed by atoms with E-state index in [4.69, 9.17) is 18.6 Å². The molecule has 2 aromatic carbocycles. The number of rotatable bonds is 7. The summed E-state index contributed by atoms with van der Waals surface area (Å²) in [5.74, 6) is 1.32. The van der Waals surface area contributed by atoms with Gasteiger partial charge in [-0.2, -0.15) is 0 Å². The maximum atomic E-state index is 12.2. The quantitative estimate of drug-likeness (QED) is 0.434. The van der Waals surface area contributed by atoms with Crippen molar-refractivity contribution in [3.05, 3.63) is 65.6 Å². The van der Waals surface area contributed by atoms with E-state index in [1.807, 2.05) is 31.2 Å². The third kappa shape index (κ3) is 5.22. The Morgan fingerprint density at radius 2 is 1.69 bits per heavy atom. The number of esters is 1. The van der Waals surface area contributed by atoms with Crippen LogP contribution >= 0.6 is 0 Å². The summed E-state index contributed by atoms with van der Waals surface area (Å²) in [6.07, 6.45) is 2.26. The zero-order valence-corrected chi connectivity index (χ0v) is 16.7. The third-order valence-electron chi connectivity index (χ3n) is 4.17. The molecule has 7 heteroatoms. The maximum Gasteiger partial charge on any atom is 0.331 e. The number of ether oxygens (including phenoxy) is 3. The van der Waals surface area contributed by atoms with E-state index in [1.54, 1.807) is 45.4 Å². The first-order valence-corrected chi connectivity index (χ1v) is 9.00. The van der Waals surface area contributed by atoms with Gasteiger partial charge in [0.2, 0.25) is 5.89 Å². The molecule has 0 unspecified atom stereocenters. The number of benzene rings is 2. The van der Waals surface area contributed by atoms with Crippen molar-refractivity contribution in [2.45, 2.75) is 20.0 Å². The van der Waals surface area contributed by atoms with Gasteiger partial charge < -0.3 is 18.6 Å². The number of carbonyl (C=O) groups excluding carboxylic acids is 1. The highest BCUT2D eigenvalue weighted by atomic mass is 16.6. The predicted octanol–water partition coefficient (Wildman–Crippen LogP) is 4.38. The van der Waals surface area contributed by atoms with E-state index in [2.05, 4.69) is 10.2 Å².